The van der Waals surface area contributed by atoms with Gasteiger partial charge < -0.3 is 0 Å². The van der Waals surface area contributed by atoms with Gasteiger partial charge in [-0.2, -0.15) is 0 Å². The van der Waals surface area contributed by atoms with Gasteiger partial charge in [0, 0.05) is 54.3 Å². The first kappa shape index (κ1) is 26.3. The standard InChI is InChI=1S/C44H26N2S/c1-3-14-33-31(12-1)40(28-21-19-27(20-22-28)29-10-9-25-45-26-29)32-13-2-4-15-34(32)41(33)43-37-24-23-35-30-11-6-8-18-39(30)47-44(35)42(37)36-16-5-7-17-38(36)46-43/h1-26H. The Bertz CT molecular complexity index is 2780. The Morgan fingerprint density at radius 3 is 1.70 bits per heavy atom. The summed E-state index contributed by atoms with van der Waals surface area (Å²) in [6.45, 7) is 0. The molecule has 0 spiro atoms. The molecule has 0 saturated carbocycles. The van der Waals surface area contributed by atoms with Crippen molar-refractivity contribution in [3.8, 4) is 33.5 Å². The molecular weight excluding hydrogens is 589 g/mol. The van der Waals surface area contributed by atoms with Crippen molar-refractivity contribution in [1.82, 2.24) is 9.97 Å². The number of aromatic nitrogens is 2. The first-order valence-corrected chi connectivity index (χ1v) is 16.7. The Kier molecular flexibility index (Phi) is 5.78. The van der Waals surface area contributed by atoms with E-state index in [0.29, 0.717) is 0 Å². The Hall–Kier alpha value is -5.90. The van der Waals surface area contributed by atoms with Crippen molar-refractivity contribution in [2.75, 3.05) is 0 Å². The molecule has 0 atom stereocenters. The van der Waals surface area contributed by atoms with E-state index in [0.717, 1.165) is 22.3 Å². The van der Waals surface area contributed by atoms with E-state index in [1.54, 1.807) is 0 Å². The number of para-hydroxylation sites is 1. The summed E-state index contributed by atoms with van der Waals surface area (Å²) in [7, 11) is 0. The van der Waals surface area contributed by atoms with Crippen molar-refractivity contribution in [1.29, 1.82) is 0 Å². The van der Waals surface area contributed by atoms with E-state index in [2.05, 4.69) is 145 Å². The highest BCUT2D eigenvalue weighted by atomic mass is 32.1. The lowest BCUT2D eigenvalue weighted by Crippen LogP contribution is -1.95. The van der Waals surface area contributed by atoms with Gasteiger partial charge in [-0.3, -0.25) is 4.98 Å². The summed E-state index contributed by atoms with van der Waals surface area (Å²) in [6, 6.07) is 52.7. The number of thiophene rings is 1. The first-order chi connectivity index (χ1) is 23.3. The zero-order chi connectivity index (χ0) is 30.9. The van der Waals surface area contributed by atoms with E-state index in [9.17, 15) is 0 Å². The minimum Gasteiger partial charge on any atom is -0.264 e. The number of pyridine rings is 2. The lowest BCUT2D eigenvalue weighted by molar-refractivity contribution is 1.33. The molecule has 0 fully saturated rings. The van der Waals surface area contributed by atoms with E-state index in [-0.39, 0.29) is 0 Å². The number of hydrogen-bond donors (Lipinski definition) is 0. The molecule has 218 valence electrons. The van der Waals surface area contributed by atoms with Gasteiger partial charge in [-0.05, 0) is 62.0 Å². The van der Waals surface area contributed by atoms with Crippen LogP contribution >= 0.6 is 11.3 Å². The van der Waals surface area contributed by atoms with Crippen LogP contribution in [0, 0.1) is 0 Å². The highest BCUT2D eigenvalue weighted by molar-refractivity contribution is 7.26. The second-order valence-corrected chi connectivity index (χ2v) is 13.2. The van der Waals surface area contributed by atoms with Gasteiger partial charge in [0.05, 0.1) is 11.2 Å². The van der Waals surface area contributed by atoms with Crippen molar-refractivity contribution in [3.05, 3.63) is 158 Å². The van der Waals surface area contributed by atoms with E-state index in [1.807, 2.05) is 29.8 Å². The average Bonchev–Trinajstić information content (AvgIpc) is 3.53. The van der Waals surface area contributed by atoms with Crippen LogP contribution in [-0.4, -0.2) is 9.97 Å². The van der Waals surface area contributed by atoms with Gasteiger partial charge in [0.2, 0.25) is 0 Å². The number of rotatable bonds is 3. The van der Waals surface area contributed by atoms with E-state index in [4.69, 9.17) is 4.98 Å². The normalized spacial score (nSPS) is 11.8. The van der Waals surface area contributed by atoms with Crippen molar-refractivity contribution in [3.63, 3.8) is 0 Å². The predicted molar refractivity (Wildman–Crippen MR) is 201 cm³/mol. The summed E-state index contributed by atoms with van der Waals surface area (Å²) in [4.78, 5) is 9.81. The molecule has 3 aromatic heterocycles. The molecule has 0 unspecified atom stereocenters. The number of fused-ring (bicyclic) bond motifs is 9. The summed E-state index contributed by atoms with van der Waals surface area (Å²) < 4.78 is 2.63. The molecule has 10 rings (SSSR count). The van der Waals surface area contributed by atoms with Crippen LogP contribution in [0.2, 0.25) is 0 Å². The Morgan fingerprint density at radius 1 is 0.404 bits per heavy atom. The smallest absolute Gasteiger partial charge is 0.0801 e. The van der Waals surface area contributed by atoms with Crippen LogP contribution < -0.4 is 0 Å². The molecule has 0 bridgehead atoms. The molecule has 2 nitrogen and oxygen atoms in total. The van der Waals surface area contributed by atoms with Crippen molar-refractivity contribution in [2.24, 2.45) is 0 Å². The molecule has 10 aromatic rings. The molecule has 3 heterocycles. The zero-order valence-electron chi connectivity index (χ0n) is 25.3. The summed E-state index contributed by atoms with van der Waals surface area (Å²) in [6.07, 6.45) is 3.73. The maximum atomic E-state index is 5.48. The highest BCUT2D eigenvalue weighted by Crippen LogP contribution is 2.48. The molecule has 0 aliphatic rings. The fraction of sp³-hybridized carbons (Fsp3) is 0. The molecule has 3 heteroatoms. The third-order valence-electron chi connectivity index (χ3n) is 9.54. The molecular formula is C44H26N2S. The molecule has 7 aromatic carbocycles. The van der Waals surface area contributed by atoms with Crippen LogP contribution in [0.4, 0.5) is 0 Å². The summed E-state index contributed by atoms with van der Waals surface area (Å²) in [5, 5.41) is 11.1. The van der Waals surface area contributed by atoms with Gasteiger partial charge in [0.1, 0.15) is 0 Å². The second-order valence-electron chi connectivity index (χ2n) is 12.1. The topological polar surface area (TPSA) is 25.8 Å². The maximum Gasteiger partial charge on any atom is 0.0801 e. The lowest BCUT2D eigenvalue weighted by Gasteiger charge is -2.19. The lowest BCUT2D eigenvalue weighted by atomic mass is 9.85. The zero-order valence-corrected chi connectivity index (χ0v) is 26.1. The summed E-state index contributed by atoms with van der Waals surface area (Å²) >= 11 is 1.88. The van der Waals surface area contributed by atoms with Crippen LogP contribution in [0.1, 0.15) is 0 Å². The molecule has 0 aliphatic carbocycles. The SMILES string of the molecule is c1cncc(-c2ccc(-c3c4ccccc4c(-c4nc5ccccc5c5c4ccc4c6ccccc6sc45)c4ccccc34)cc2)c1. The third-order valence-corrected chi connectivity index (χ3v) is 10.7. The molecule has 0 N–H and O–H groups in total. The molecule has 0 radical (unpaired) electrons. The van der Waals surface area contributed by atoms with Gasteiger partial charge in [-0.25, -0.2) is 4.98 Å². The fourth-order valence-corrected chi connectivity index (χ4v) is 8.73. The molecule has 47 heavy (non-hydrogen) atoms. The third kappa shape index (κ3) is 3.97. The van der Waals surface area contributed by atoms with Gasteiger partial charge in [-0.1, -0.05) is 127 Å². The Labute approximate surface area is 275 Å². The number of hydrogen-bond acceptors (Lipinski definition) is 3. The number of benzene rings is 7. The predicted octanol–water partition coefficient (Wildman–Crippen LogP) is 12.5. The second kappa shape index (κ2) is 10.3. The molecule has 0 amide bonds. The van der Waals surface area contributed by atoms with Gasteiger partial charge in [0.15, 0.2) is 0 Å². The molecule has 0 aliphatic heterocycles. The van der Waals surface area contributed by atoms with Crippen LogP contribution in [0.25, 0.3) is 96.9 Å². The minimum atomic E-state index is 1.02. The van der Waals surface area contributed by atoms with Crippen molar-refractivity contribution >= 4 is 74.7 Å². The van der Waals surface area contributed by atoms with Crippen LogP contribution in [0.5, 0.6) is 0 Å². The fourth-order valence-electron chi connectivity index (χ4n) is 7.46. The quantitative estimate of drug-likeness (QED) is 0.146. The van der Waals surface area contributed by atoms with Crippen molar-refractivity contribution < 1.29 is 0 Å². The van der Waals surface area contributed by atoms with Gasteiger partial charge in [0.25, 0.3) is 0 Å². The first-order valence-electron chi connectivity index (χ1n) is 15.9. The average molecular weight is 615 g/mol. The largest absolute Gasteiger partial charge is 0.264 e. The van der Waals surface area contributed by atoms with Gasteiger partial charge >= 0.3 is 0 Å². The summed E-state index contributed by atoms with van der Waals surface area (Å²) in [5.74, 6) is 0. The maximum absolute atomic E-state index is 5.48. The van der Waals surface area contributed by atoms with Crippen molar-refractivity contribution in [2.45, 2.75) is 0 Å². The van der Waals surface area contributed by atoms with E-state index >= 15 is 0 Å². The Balaban J connectivity index is 1.31. The van der Waals surface area contributed by atoms with Crippen LogP contribution in [0.15, 0.2) is 158 Å². The van der Waals surface area contributed by atoms with Crippen LogP contribution in [0.3, 0.4) is 0 Å². The molecule has 0 saturated heterocycles. The highest BCUT2D eigenvalue weighted by Gasteiger charge is 2.21. The minimum absolute atomic E-state index is 1.02. The van der Waals surface area contributed by atoms with E-state index in [1.165, 1.54) is 74.6 Å². The monoisotopic (exact) mass is 614 g/mol. The van der Waals surface area contributed by atoms with E-state index < -0.39 is 0 Å². The number of nitrogens with zero attached hydrogens (tertiary/aromatic N) is 2. The van der Waals surface area contributed by atoms with Crippen LogP contribution in [-0.2, 0) is 0 Å². The Morgan fingerprint density at radius 2 is 1.00 bits per heavy atom. The summed E-state index contributed by atoms with van der Waals surface area (Å²) in [5.41, 5.74) is 7.95. The van der Waals surface area contributed by atoms with Gasteiger partial charge in [-0.15, -0.1) is 11.3 Å².